The highest BCUT2D eigenvalue weighted by molar-refractivity contribution is 7.93. The minimum atomic E-state index is -3.76. The van der Waals surface area contributed by atoms with Crippen LogP contribution in [0.1, 0.15) is 175 Å². The Bertz CT molecular complexity index is 7390. The number of nitrogens with one attached hydrogen (secondary N) is 3. The molecule has 148 heavy (non-hydrogen) atoms. The summed E-state index contributed by atoms with van der Waals surface area (Å²) in [7, 11) is -10.6. The van der Waals surface area contributed by atoms with Gasteiger partial charge in [-0.2, -0.15) is 0 Å². The summed E-state index contributed by atoms with van der Waals surface area (Å²) in [5.41, 5.74) is 22.8. The van der Waals surface area contributed by atoms with Gasteiger partial charge in [0, 0.05) is 124 Å². The first-order valence-electron chi connectivity index (χ1n) is 49.4. The molecule has 8 aromatic carbocycles. The van der Waals surface area contributed by atoms with E-state index in [0.717, 1.165) is 83.2 Å². The van der Waals surface area contributed by atoms with E-state index in [0.29, 0.717) is 147 Å². The number of carbonyl (C=O) groups is 4. The number of carbonyl (C=O) groups excluding carboxylic acids is 4. The van der Waals surface area contributed by atoms with Crippen molar-refractivity contribution in [3.63, 3.8) is 0 Å². The van der Waals surface area contributed by atoms with Crippen LogP contribution < -0.4 is 19.1 Å². The van der Waals surface area contributed by atoms with Crippen molar-refractivity contribution in [3.8, 4) is 44.5 Å². The number of aromatic nitrogens is 4. The van der Waals surface area contributed by atoms with Crippen LogP contribution in [0.25, 0.3) is 88.1 Å². The molecule has 0 fully saturated rings. The number of esters is 4. The zero-order valence-corrected chi connectivity index (χ0v) is 100. The van der Waals surface area contributed by atoms with Gasteiger partial charge in [0.1, 0.15) is 0 Å². The van der Waals surface area contributed by atoms with Crippen molar-refractivity contribution in [2.45, 2.75) is 275 Å². The van der Waals surface area contributed by atoms with Crippen LogP contribution in [-0.4, -0.2) is 174 Å². The molecule has 0 saturated carbocycles. The summed E-state index contributed by atoms with van der Waals surface area (Å²) >= 11 is 24.8. The van der Waals surface area contributed by atoms with Gasteiger partial charge in [-0.15, -0.1) is 0 Å². The van der Waals surface area contributed by atoms with Crippen molar-refractivity contribution in [1.82, 2.24) is 19.1 Å². The highest BCUT2D eigenvalue weighted by atomic mass is 35.5. The van der Waals surface area contributed by atoms with Crippen LogP contribution in [0.2, 0.25) is 97.1 Å². The van der Waals surface area contributed by atoms with Gasteiger partial charge in [0.25, 0.3) is 0 Å². The zero-order chi connectivity index (χ0) is 111. The Morgan fingerprint density at radius 2 is 0.703 bits per heavy atom. The molecule has 14 rings (SSSR count). The Hall–Kier alpha value is -9.57. The number of ether oxygens (including phenoxy) is 8. The monoisotopic (exact) mass is 2220 g/mol. The third-order valence-corrected chi connectivity index (χ3v) is 37.9. The van der Waals surface area contributed by atoms with Gasteiger partial charge in [-0.3, -0.25) is 13.3 Å². The molecule has 6 heterocycles. The van der Waals surface area contributed by atoms with Crippen molar-refractivity contribution in [2.75, 3.05) is 77.9 Å². The number of methoxy groups -OCH3 is 4. The van der Waals surface area contributed by atoms with E-state index < -0.39 is 131 Å². The topological polar surface area (TPSA) is 331 Å². The van der Waals surface area contributed by atoms with Crippen LogP contribution >= 0.6 is 46.4 Å². The summed E-state index contributed by atoms with van der Waals surface area (Å²) in [4.78, 5) is 59.5. The van der Waals surface area contributed by atoms with Crippen LogP contribution in [0.15, 0.2) is 115 Å². The molecule has 0 aliphatic carbocycles. The second kappa shape index (κ2) is 45.4. The Kier molecular flexibility index (Phi) is 36.4. The Labute approximate surface area is 896 Å². The van der Waals surface area contributed by atoms with Crippen LogP contribution in [0, 0.1) is 61.2 Å². The largest absolute Gasteiger partial charge is 0.467 e. The van der Waals surface area contributed by atoms with E-state index >= 15 is 4.39 Å². The number of H-pyrrole nitrogens is 2. The molecule has 26 nitrogen and oxygen atoms in total. The summed E-state index contributed by atoms with van der Waals surface area (Å²) in [6.07, 6.45) is -4.35. The first kappa shape index (κ1) is 119. The minimum Gasteiger partial charge on any atom is -0.467 e. The zero-order valence-electron chi connectivity index (χ0n) is 91.7. The molecule has 0 radical (unpaired) electrons. The number of hydrogen-bond donors (Lipinski definition) is 4. The van der Waals surface area contributed by atoms with Crippen LogP contribution in [0.4, 0.5) is 27.1 Å². The molecule has 37 heteroatoms. The molecule has 0 amide bonds. The normalized spacial score (nSPS) is 14.2. The van der Waals surface area contributed by atoms with Crippen molar-refractivity contribution in [2.24, 2.45) is 0 Å². The Balaban J connectivity index is 0.000000189. The number of nitrogens with zero attached hydrogens (tertiary/aromatic N) is 4. The molecule has 0 spiro atoms. The smallest absolute Gasteiger partial charge is 0.339 e. The predicted octanol–water partition coefficient (Wildman–Crippen LogP) is 27.3. The molecule has 2 aliphatic heterocycles. The lowest BCUT2D eigenvalue weighted by atomic mass is 9.87. The summed E-state index contributed by atoms with van der Waals surface area (Å²) in [6, 6.07) is 37.2. The summed E-state index contributed by atoms with van der Waals surface area (Å²) < 4.78 is 155. The van der Waals surface area contributed by atoms with Crippen molar-refractivity contribution in [3.05, 3.63) is 208 Å². The number of nitrogen functional groups attached to an aromatic ring is 1. The van der Waals surface area contributed by atoms with Gasteiger partial charge in [-0.05, 0) is 285 Å². The van der Waals surface area contributed by atoms with Gasteiger partial charge >= 0.3 is 23.9 Å². The summed E-state index contributed by atoms with van der Waals surface area (Å²) in [5.74, 6) is -2.59. The number of aromatic amines is 2. The third-order valence-electron chi connectivity index (χ3n) is 25.8. The molecular weight excluding hydrogens is 2070 g/mol. The lowest BCUT2D eigenvalue weighted by Gasteiger charge is -2.36. The first-order chi connectivity index (χ1) is 68.3. The summed E-state index contributed by atoms with van der Waals surface area (Å²) in [5, 5.41) is 5.12. The molecule has 5 N–H and O–H groups in total. The molecular formula is C111H147Cl4FN8O18S3Si3. The van der Waals surface area contributed by atoms with Gasteiger partial charge < -0.3 is 62.7 Å². The molecule has 0 unspecified atom stereocenters. The molecule has 4 atom stereocenters. The highest BCUT2D eigenvalue weighted by Gasteiger charge is 2.45. The van der Waals surface area contributed by atoms with E-state index in [1.165, 1.54) is 32.7 Å². The second-order valence-electron chi connectivity index (χ2n) is 45.8. The van der Waals surface area contributed by atoms with E-state index in [1.54, 1.807) is 54.6 Å². The van der Waals surface area contributed by atoms with Crippen molar-refractivity contribution < 1.29 is 86.7 Å². The molecule has 12 aromatic rings. The predicted molar refractivity (Wildman–Crippen MR) is 611 cm³/mol. The second-order valence-corrected chi connectivity index (χ2v) is 70.3. The van der Waals surface area contributed by atoms with Crippen LogP contribution in [0.5, 0.6) is 0 Å². The fourth-order valence-corrected chi connectivity index (χ4v) is 32.7. The number of halogens is 5. The van der Waals surface area contributed by atoms with Crippen molar-refractivity contribution in [1.29, 1.82) is 0 Å². The number of anilines is 4. The molecule has 0 bridgehead atoms. The fourth-order valence-electron chi connectivity index (χ4n) is 18.8. The maximum atomic E-state index is 16.4. The highest BCUT2D eigenvalue weighted by Crippen LogP contribution is 2.55. The summed E-state index contributed by atoms with van der Waals surface area (Å²) in [6.45, 7) is 58.1. The Morgan fingerprint density at radius 1 is 0.405 bits per heavy atom. The quantitative estimate of drug-likeness (QED) is 0.0146. The number of rotatable bonds is 29. The lowest BCUT2D eigenvalue weighted by molar-refractivity contribution is -0.164. The molecule has 0 saturated heterocycles. The van der Waals surface area contributed by atoms with Gasteiger partial charge in [0.2, 0.25) is 30.1 Å². The maximum absolute atomic E-state index is 16.4. The van der Waals surface area contributed by atoms with E-state index in [1.807, 2.05) is 202 Å². The minimum absolute atomic E-state index is 0.000973. The number of nitrogens with two attached hydrogens (primary N) is 1. The molecule has 4 aromatic heterocycles. The fraction of sp³-hybridized carbons (Fsp3) is 0.459. The number of sulfonamides is 3. The maximum Gasteiger partial charge on any atom is 0.339 e. The van der Waals surface area contributed by atoms with Crippen LogP contribution in [-0.2, 0) is 100 Å². The standard InChI is InChI=1S/C30H40ClFN2O5SSi.C30H41ClN2O5SSi.C28H39ClN2O5SSi.C23H27ClN2O3/c1-18-22(28(29(35)38-6)39-30(3,4)5)23(20-10-12-21(31)13-11-20)24-25(32)19(2)33-14-15-34(26(18)27(24)33)40(36,37)16-17-41(7,8)9;1-19-18-23-25(21-10-12-22(31)13-11-21)24(28(29(34)37-6)38-30(3,4)5)20(2)26-27(23)32(19)14-15-33(26)39(35,36)16-17-40(7,8)9;1-17-16-21-23(19-10-12-20(29)13-11-19)22(26(27(32)35-6)36-28(3,4)5)18(2)24(25(21)30-17)31-37(33,34)14-15-38(7,8)9;1-12-11-16-18(14-7-9-15(24)10-8-14)17(13(2)19(25)20(16)26-12)21(22(27)28-6)29-23(3,4)5/h10-13,28H,14-17H2,1-9H3;10-13,18,28H,14-17H2,1-9H3;10-13,16,26,30-31H,14-15H2,1-9H3;7-11,21,26H,25H2,1-6H3/t2*28-;26-;21-/m0000/s1. The van der Waals surface area contributed by atoms with Crippen LogP contribution in [0.3, 0.4) is 0 Å². The molecule has 2 aliphatic rings. The average Bonchev–Trinajstić information content (AvgIpc) is 1.52. The molecule has 804 valence electrons. The average molecular weight is 2220 g/mol. The van der Waals surface area contributed by atoms with Gasteiger partial charge in [-0.25, -0.2) is 48.8 Å². The van der Waals surface area contributed by atoms with E-state index in [-0.39, 0.29) is 29.2 Å². The number of aryl methyl sites for hydroxylation is 3. The first-order valence-corrected chi connectivity index (χ1v) is 66.9. The number of fused-ring (bicyclic) bond motifs is 2. The van der Waals surface area contributed by atoms with Gasteiger partial charge in [0.15, 0.2) is 30.2 Å². The van der Waals surface area contributed by atoms with E-state index in [2.05, 4.69) is 84.2 Å². The van der Waals surface area contributed by atoms with E-state index in [4.69, 9.17) is 90.0 Å². The SMILES string of the molecule is COC(=O)[C@@H](OC(C)(C)C)c1c(C)c(N)c2[nH]c(C)cc2c1-c1ccc(Cl)cc1.COC(=O)[C@@H](OC(C)(C)C)c1c(C)c(NS(=O)(=O)CC[Si](C)(C)C)c2[nH]c(C)cc2c1-c1ccc(Cl)cc1.COC(=O)[C@@H](OC(C)(C)C)c1c(C)c2c3c(c(F)c(C)n3CCN2S(=O)(=O)CC[Si](C)(C)C)c1-c1ccc(Cl)cc1.COC(=O)[C@@H](OC(C)(C)C)c1c(C)c2c3c(cc(C)n3CCN2S(=O)(=O)CC[Si](C)(C)C)c1-c1ccc(Cl)cc1. The lowest BCUT2D eigenvalue weighted by Crippen LogP contribution is -2.41. The van der Waals surface area contributed by atoms with Gasteiger partial charge in [-0.1, -0.05) is 154 Å². The third kappa shape index (κ3) is 27.4. The van der Waals surface area contributed by atoms with Crippen molar-refractivity contribution >= 4 is 191 Å². The number of hydrogen-bond acceptors (Lipinski definition) is 19. The van der Waals surface area contributed by atoms with E-state index in [9.17, 15) is 44.4 Å². The Morgan fingerprint density at radius 3 is 1.05 bits per heavy atom. The number of benzene rings is 8. The van der Waals surface area contributed by atoms with Gasteiger partial charge in [0.05, 0.1) is 132 Å².